The van der Waals surface area contributed by atoms with E-state index in [0.29, 0.717) is 6.07 Å². The van der Waals surface area contributed by atoms with Gasteiger partial charge in [0, 0.05) is 10.0 Å². The Labute approximate surface area is 103 Å². The zero-order valence-corrected chi connectivity index (χ0v) is 9.94. The van der Waals surface area contributed by atoms with Crippen molar-refractivity contribution in [2.24, 2.45) is 0 Å². The SMILES string of the molecule is Fc1cc(Br)c(C(F)(F)F)cc1C1OCCO1. The van der Waals surface area contributed by atoms with Gasteiger partial charge in [-0.25, -0.2) is 4.39 Å². The third-order valence-corrected chi connectivity index (χ3v) is 2.92. The lowest BCUT2D eigenvalue weighted by atomic mass is 10.1. The summed E-state index contributed by atoms with van der Waals surface area (Å²) in [5.41, 5.74) is -1.19. The molecular formula is C10H7BrF4O2. The molecule has 0 radical (unpaired) electrons. The fourth-order valence-electron chi connectivity index (χ4n) is 1.50. The normalized spacial score (nSPS) is 17.7. The van der Waals surface area contributed by atoms with Crippen molar-refractivity contribution in [1.82, 2.24) is 0 Å². The van der Waals surface area contributed by atoms with Gasteiger partial charge in [0.05, 0.1) is 18.8 Å². The van der Waals surface area contributed by atoms with Gasteiger partial charge in [-0.2, -0.15) is 13.2 Å². The number of halogens is 5. The first-order valence-electron chi connectivity index (χ1n) is 4.69. The van der Waals surface area contributed by atoms with Crippen LogP contribution in [0, 0.1) is 5.82 Å². The van der Waals surface area contributed by atoms with Gasteiger partial charge in [0.25, 0.3) is 0 Å². The quantitative estimate of drug-likeness (QED) is 0.737. The minimum atomic E-state index is -4.56. The van der Waals surface area contributed by atoms with Crippen LogP contribution in [0.2, 0.25) is 0 Å². The Hall–Kier alpha value is -0.660. The zero-order valence-electron chi connectivity index (χ0n) is 8.35. The number of alkyl halides is 3. The lowest BCUT2D eigenvalue weighted by Gasteiger charge is -2.15. The largest absolute Gasteiger partial charge is 0.417 e. The monoisotopic (exact) mass is 314 g/mol. The molecule has 2 rings (SSSR count). The van der Waals surface area contributed by atoms with E-state index in [0.717, 1.165) is 6.07 Å². The van der Waals surface area contributed by atoms with Crippen LogP contribution in [-0.2, 0) is 15.7 Å². The Bertz CT molecular complexity index is 427. The number of benzene rings is 1. The van der Waals surface area contributed by atoms with Crippen molar-refractivity contribution >= 4 is 15.9 Å². The van der Waals surface area contributed by atoms with Crippen LogP contribution in [0.1, 0.15) is 17.4 Å². The Morgan fingerprint density at radius 1 is 1.18 bits per heavy atom. The summed E-state index contributed by atoms with van der Waals surface area (Å²) in [5.74, 6) is -0.795. The molecule has 0 saturated carbocycles. The summed E-state index contributed by atoms with van der Waals surface area (Å²) in [6.45, 7) is 0.475. The Kier molecular flexibility index (Phi) is 3.42. The summed E-state index contributed by atoms with van der Waals surface area (Å²) in [6.07, 6.45) is -5.62. The molecule has 1 heterocycles. The first-order chi connectivity index (χ1) is 7.89. The maximum absolute atomic E-state index is 13.5. The number of hydrogen-bond acceptors (Lipinski definition) is 2. The lowest BCUT2D eigenvalue weighted by Crippen LogP contribution is -2.10. The predicted molar refractivity (Wildman–Crippen MR) is 53.7 cm³/mol. The summed E-state index contributed by atoms with van der Waals surface area (Å²) < 4.78 is 61.0. The second-order valence-corrected chi connectivity index (χ2v) is 4.28. The molecule has 94 valence electrons. The zero-order chi connectivity index (χ0) is 12.6. The Morgan fingerprint density at radius 3 is 2.29 bits per heavy atom. The number of ether oxygens (including phenoxy) is 2. The summed E-state index contributed by atoms with van der Waals surface area (Å²) in [6, 6.07) is 1.47. The highest BCUT2D eigenvalue weighted by Gasteiger charge is 2.35. The molecule has 1 fully saturated rings. The van der Waals surface area contributed by atoms with Crippen LogP contribution in [0.15, 0.2) is 16.6 Å². The third-order valence-electron chi connectivity index (χ3n) is 2.27. The van der Waals surface area contributed by atoms with Crippen molar-refractivity contribution in [1.29, 1.82) is 0 Å². The predicted octanol–water partition coefficient (Wildman–Crippen LogP) is 3.65. The van der Waals surface area contributed by atoms with E-state index in [1.807, 2.05) is 0 Å². The van der Waals surface area contributed by atoms with Crippen LogP contribution >= 0.6 is 15.9 Å². The first kappa shape index (κ1) is 12.8. The smallest absolute Gasteiger partial charge is 0.346 e. The highest BCUT2D eigenvalue weighted by Crippen LogP contribution is 2.38. The van der Waals surface area contributed by atoms with Gasteiger partial charge in [-0.05, 0) is 12.1 Å². The fraction of sp³-hybridized carbons (Fsp3) is 0.400. The molecule has 1 aromatic rings. The highest BCUT2D eigenvalue weighted by molar-refractivity contribution is 9.10. The van der Waals surface area contributed by atoms with Gasteiger partial charge < -0.3 is 9.47 Å². The molecule has 0 aromatic heterocycles. The van der Waals surface area contributed by atoms with E-state index in [4.69, 9.17) is 9.47 Å². The minimum absolute atomic E-state index is 0.238. The molecule has 0 atom stereocenters. The average Bonchev–Trinajstić information content (AvgIpc) is 2.68. The lowest BCUT2D eigenvalue weighted by molar-refractivity contribution is -0.138. The molecule has 1 saturated heterocycles. The molecule has 0 amide bonds. The second-order valence-electron chi connectivity index (χ2n) is 3.42. The van der Waals surface area contributed by atoms with Crippen molar-refractivity contribution in [2.45, 2.75) is 12.5 Å². The molecule has 0 aliphatic carbocycles. The summed E-state index contributed by atoms with van der Waals surface area (Å²) in [7, 11) is 0. The highest BCUT2D eigenvalue weighted by atomic mass is 79.9. The molecule has 1 aromatic carbocycles. The van der Waals surface area contributed by atoms with Crippen LogP contribution in [-0.4, -0.2) is 13.2 Å². The van der Waals surface area contributed by atoms with Gasteiger partial charge in [0.2, 0.25) is 0 Å². The molecule has 0 bridgehead atoms. The molecule has 0 unspecified atom stereocenters. The van der Waals surface area contributed by atoms with Crippen LogP contribution in [0.4, 0.5) is 17.6 Å². The molecular weight excluding hydrogens is 308 g/mol. The Balaban J connectivity index is 2.45. The topological polar surface area (TPSA) is 18.5 Å². The minimum Gasteiger partial charge on any atom is -0.346 e. The molecule has 0 spiro atoms. The van der Waals surface area contributed by atoms with E-state index in [1.54, 1.807) is 0 Å². The fourth-order valence-corrected chi connectivity index (χ4v) is 2.04. The van der Waals surface area contributed by atoms with E-state index in [9.17, 15) is 17.6 Å². The van der Waals surface area contributed by atoms with Crippen molar-refractivity contribution in [3.63, 3.8) is 0 Å². The summed E-state index contributed by atoms with van der Waals surface area (Å²) in [5, 5.41) is 0. The van der Waals surface area contributed by atoms with E-state index in [-0.39, 0.29) is 23.2 Å². The number of rotatable bonds is 1. The van der Waals surface area contributed by atoms with Gasteiger partial charge in [-0.15, -0.1) is 0 Å². The summed E-state index contributed by atoms with van der Waals surface area (Å²) in [4.78, 5) is 0. The van der Waals surface area contributed by atoms with Crippen molar-refractivity contribution in [2.75, 3.05) is 13.2 Å². The van der Waals surface area contributed by atoms with Gasteiger partial charge in [-0.1, -0.05) is 15.9 Å². The van der Waals surface area contributed by atoms with Crippen LogP contribution in [0.25, 0.3) is 0 Å². The molecule has 0 N–H and O–H groups in total. The average molecular weight is 315 g/mol. The van der Waals surface area contributed by atoms with Crippen LogP contribution in [0.3, 0.4) is 0 Å². The number of hydrogen-bond donors (Lipinski definition) is 0. The van der Waals surface area contributed by atoms with Gasteiger partial charge in [0.15, 0.2) is 6.29 Å². The third kappa shape index (κ3) is 2.61. The van der Waals surface area contributed by atoms with Crippen LogP contribution < -0.4 is 0 Å². The van der Waals surface area contributed by atoms with Gasteiger partial charge >= 0.3 is 6.18 Å². The molecule has 17 heavy (non-hydrogen) atoms. The van der Waals surface area contributed by atoms with E-state index >= 15 is 0 Å². The molecule has 2 nitrogen and oxygen atoms in total. The van der Waals surface area contributed by atoms with Gasteiger partial charge in [-0.3, -0.25) is 0 Å². The standard InChI is InChI=1S/C10H7BrF4O2/c11-7-4-8(12)5(9-16-1-2-17-9)3-6(7)10(13,14)15/h3-4,9H,1-2H2. The maximum atomic E-state index is 13.5. The van der Waals surface area contributed by atoms with Crippen molar-refractivity contribution in [3.8, 4) is 0 Å². The van der Waals surface area contributed by atoms with Crippen molar-refractivity contribution in [3.05, 3.63) is 33.5 Å². The maximum Gasteiger partial charge on any atom is 0.417 e. The van der Waals surface area contributed by atoms with Crippen LogP contribution in [0.5, 0.6) is 0 Å². The van der Waals surface area contributed by atoms with E-state index in [1.165, 1.54) is 0 Å². The van der Waals surface area contributed by atoms with Crippen molar-refractivity contribution < 1.29 is 27.0 Å². The first-order valence-corrected chi connectivity index (χ1v) is 5.48. The van der Waals surface area contributed by atoms with E-state index < -0.39 is 23.8 Å². The molecule has 1 aliphatic heterocycles. The molecule has 1 aliphatic rings. The Morgan fingerprint density at radius 2 is 1.76 bits per heavy atom. The van der Waals surface area contributed by atoms with E-state index in [2.05, 4.69) is 15.9 Å². The van der Waals surface area contributed by atoms with Gasteiger partial charge in [0.1, 0.15) is 5.82 Å². The second kappa shape index (κ2) is 4.55. The summed E-state index contributed by atoms with van der Waals surface area (Å²) >= 11 is 2.68. The molecule has 7 heteroatoms.